The van der Waals surface area contributed by atoms with Gasteiger partial charge in [-0.25, -0.2) is 0 Å². The normalized spacial score (nSPS) is 15.8. The highest BCUT2D eigenvalue weighted by molar-refractivity contribution is 6.08. The van der Waals surface area contributed by atoms with Crippen molar-refractivity contribution in [2.75, 3.05) is 13.1 Å². The second kappa shape index (κ2) is 9.63. The van der Waals surface area contributed by atoms with E-state index in [-0.39, 0.29) is 29.6 Å². The van der Waals surface area contributed by atoms with Crippen LogP contribution in [0.25, 0.3) is 0 Å². The molecule has 2 aromatic rings. The van der Waals surface area contributed by atoms with Crippen LogP contribution in [0, 0.1) is 5.41 Å². The van der Waals surface area contributed by atoms with Crippen molar-refractivity contribution in [3.05, 3.63) is 71.3 Å². The number of likely N-dealkylation sites (tertiary alicyclic amines) is 1. The minimum Gasteiger partial charge on any atom is -0.350 e. The zero-order valence-electron chi connectivity index (χ0n) is 16.9. The van der Waals surface area contributed by atoms with E-state index < -0.39 is 23.8 Å². The summed E-state index contributed by atoms with van der Waals surface area (Å²) in [6.07, 6.45) is -3.50. The number of hydrogen-bond acceptors (Lipinski definition) is 4. The molecule has 3 N–H and O–H groups in total. The van der Waals surface area contributed by atoms with E-state index in [1.54, 1.807) is 29.2 Å². The highest BCUT2D eigenvalue weighted by atomic mass is 19.4. The van der Waals surface area contributed by atoms with Crippen LogP contribution in [0.3, 0.4) is 0 Å². The third kappa shape index (κ3) is 5.51. The molecule has 0 spiro atoms. The number of carbonyl (C=O) groups is 3. The molecule has 0 saturated carbocycles. The van der Waals surface area contributed by atoms with Crippen LogP contribution < -0.4 is 10.6 Å². The monoisotopic (exact) mass is 446 g/mol. The number of amides is 3. The van der Waals surface area contributed by atoms with Crippen LogP contribution in [0.4, 0.5) is 13.2 Å². The fourth-order valence-corrected chi connectivity index (χ4v) is 3.42. The molecule has 2 aromatic carbocycles. The zero-order chi connectivity index (χ0) is 23.3. The fraction of sp³-hybridized carbons (Fsp3) is 0.273. The molecular formula is C22H21F3N4O3. The van der Waals surface area contributed by atoms with Crippen molar-refractivity contribution < 1.29 is 27.6 Å². The molecule has 7 nitrogen and oxygen atoms in total. The van der Waals surface area contributed by atoms with Crippen LogP contribution in [0.5, 0.6) is 0 Å². The lowest BCUT2D eigenvalue weighted by molar-refractivity contribution is -0.171. The predicted octanol–water partition coefficient (Wildman–Crippen LogP) is 2.73. The molecule has 1 aliphatic rings. The summed E-state index contributed by atoms with van der Waals surface area (Å²) in [6, 6.07) is 14.0. The van der Waals surface area contributed by atoms with Crippen molar-refractivity contribution in [3.63, 3.8) is 0 Å². The van der Waals surface area contributed by atoms with Gasteiger partial charge < -0.3 is 15.5 Å². The van der Waals surface area contributed by atoms with Gasteiger partial charge in [0.25, 0.3) is 11.8 Å². The topological polar surface area (TPSA) is 102 Å². The number of carbonyl (C=O) groups excluding carboxylic acids is 3. The summed E-state index contributed by atoms with van der Waals surface area (Å²) in [4.78, 5) is 37.8. The molecule has 0 aliphatic carbocycles. The molecule has 0 aromatic heterocycles. The fourth-order valence-electron chi connectivity index (χ4n) is 3.42. The zero-order valence-corrected chi connectivity index (χ0v) is 16.9. The Bertz CT molecular complexity index is 1010. The lowest BCUT2D eigenvalue weighted by Gasteiger charge is -2.25. The van der Waals surface area contributed by atoms with E-state index in [1.165, 1.54) is 29.6 Å². The van der Waals surface area contributed by atoms with Gasteiger partial charge in [-0.05, 0) is 37.1 Å². The SMILES string of the molecule is N=C(NC(=O)C(F)(F)F)c1ccc(C(=O)NCC2CCCN2C(=O)c2ccccc2)cc1. The van der Waals surface area contributed by atoms with Crippen LogP contribution >= 0.6 is 0 Å². The summed E-state index contributed by atoms with van der Waals surface area (Å²) < 4.78 is 36.9. The van der Waals surface area contributed by atoms with Crippen molar-refractivity contribution in [3.8, 4) is 0 Å². The Hall–Kier alpha value is -3.69. The van der Waals surface area contributed by atoms with Gasteiger partial charge >= 0.3 is 12.1 Å². The molecule has 32 heavy (non-hydrogen) atoms. The summed E-state index contributed by atoms with van der Waals surface area (Å²) in [5.74, 6) is -3.47. The summed E-state index contributed by atoms with van der Waals surface area (Å²) in [5, 5.41) is 11.8. The largest absolute Gasteiger partial charge is 0.471 e. The first-order chi connectivity index (χ1) is 15.2. The Labute approximate surface area is 182 Å². The van der Waals surface area contributed by atoms with Gasteiger partial charge in [0.2, 0.25) is 0 Å². The van der Waals surface area contributed by atoms with Crippen LogP contribution in [0.2, 0.25) is 0 Å². The van der Waals surface area contributed by atoms with Gasteiger partial charge in [0.1, 0.15) is 5.84 Å². The van der Waals surface area contributed by atoms with E-state index in [0.717, 1.165) is 12.8 Å². The second-order valence-corrected chi connectivity index (χ2v) is 7.27. The standard InChI is InChI=1S/C22H21F3N4O3/c23-22(24,25)21(32)28-18(26)14-8-10-15(11-9-14)19(30)27-13-17-7-4-12-29(17)20(31)16-5-2-1-3-6-16/h1-3,5-6,8-11,17H,4,7,12-13H2,(H,27,30)(H2,26,28,32). The molecule has 1 aliphatic heterocycles. The average molecular weight is 446 g/mol. The number of halogens is 3. The number of nitrogens with one attached hydrogen (secondary N) is 3. The van der Waals surface area contributed by atoms with Gasteiger partial charge in [0.05, 0.1) is 0 Å². The van der Waals surface area contributed by atoms with Crippen LogP contribution in [-0.2, 0) is 4.79 Å². The number of rotatable bonds is 5. The van der Waals surface area contributed by atoms with Crippen LogP contribution in [0.15, 0.2) is 54.6 Å². The molecule has 168 valence electrons. The third-order valence-corrected chi connectivity index (χ3v) is 5.09. The molecule has 0 radical (unpaired) electrons. The van der Waals surface area contributed by atoms with Crippen molar-refractivity contribution in [1.29, 1.82) is 5.41 Å². The van der Waals surface area contributed by atoms with Gasteiger partial charge in [0.15, 0.2) is 0 Å². The summed E-state index contributed by atoms with van der Waals surface area (Å²) in [6.45, 7) is 0.866. The first-order valence-corrected chi connectivity index (χ1v) is 9.88. The highest BCUT2D eigenvalue weighted by Crippen LogP contribution is 2.20. The van der Waals surface area contributed by atoms with E-state index >= 15 is 0 Å². The molecule has 1 saturated heterocycles. The van der Waals surface area contributed by atoms with Gasteiger partial charge in [-0.1, -0.05) is 30.3 Å². The Morgan fingerprint density at radius 2 is 1.59 bits per heavy atom. The number of benzene rings is 2. The van der Waals surface area contributed by atoms with Gasteiger partial charge in [-0.3, -0.25) is 19.8 Å². The number of amidine groups is 1. The molecule has 3 rings (SSSR count). The quantitative estimate of drug-likeness (QED) is 0.486. The number of nitrogens with zero attached hydrogens (tertiary/aromatic N) is 1. The Balaban J connectivity index is 1.56. The molecule has 1 unspecified atom stereocenters. The maximum absolute atomic E-state index is 12.7. The summed E-state index contributed by atoms with van der Waals surface area (Å²) in [5.41, 5.74) is 0.846. The maximum Gasteiger partial charge on any atom is 0.471 e. The van der Waals surface area contributed by atoms with Crippen LogP contribution in [-0.4, -0.2) is 53.8 Å². The molecule has 3 amide bonds. The van der Waals surface area contributed by atoms with E-state index in [2.05, 4.69) is 5.32 Å². The maximum atomic E-state index is 12.7. The average Bonchev–Trinajstić information content (AvgIpc) is 3.25. The first kappa shape index (κ1) is 23.0. The molecule has 10 heteroatoms. The Morgan fingerprint density at radius 3 is 2.22 bits per heavy atom. The van der Waals surface area contributed by atoms with E-state index in [1.807, 2.05) is 6.07 Å². The minimum absolute atomic E-state index is 0.0228. The minimum atomic E-state index is -5.10. The van der Waals surface area contributed by atoms with E-state index in [0.29, 0.717) is 12.1 Å². The van der Waals surface area contributed by atoms with Crippen LogP contribution in [0.1, 0.15) is 39.1 Å². The van der Waals surface area contributed by atoms with Crippen molar-refractivity contribution in [2.24, 2.45) is 0 Å². The van der Waals surface area contributed by atoms with Gasteiger partial charge in [-0.2, -0.15) is 13.2 Å². The smallest absolute Gasteiger partial charge is 0.350 e. The first-order valence-electron chi connectivity index (χ1n) is 9.88. The molecule has 1 fully saturated rings. The Kier molecular flexibility index (Phi) is 6.92. The Morgan fingerprint density at radius 1 is 0.969 bits per heavy atom. The number of alkyl halides is 3. The highest BCUT2D eigenvalue weighted by Gasteiger charge is 2.39. The van der Waals surface area contributed by atoms with Gasteiger partial charge in [0, 0.05) is 35.8 Å². The predicted molar refractivity (Wildman–Crippen MR) is 110 cm³/mol. The van der Waals surface area contributed by atoms with E-state index in [4.69, 9.17) is 5.41 Å². The van der Waals surface area contributed by atoms with Crippen molar-refractivity contribution >= 4 is 23.6 Å². The summed E-state index contributed by atoms with van der Waals surface area (Å²) >= 11 is 0. The van der Waals surface area contributed by atoms with E-state index in [9.17, 15) is 27.6 Å². The van der Waals surface area contributed by atoms with Crippen molar-refractivity contribution in [1.82, 2.24) is 15.5 Å². The number of hydrogen-bond donors (Lipinski definition) is 3. The molecule has 1 heterocycles. The summed E-state index contributed by atoms with van der Waals surface area (Å²) in [7, 11) is 0. The molecular weight excluding hydrogens is 425 g/mol. The third-order valence-electron chi connectivity index (χ3n) is 5.09. The molecule has 1 atom stereocenters. The lowest BCUT2D eigenvalue weighted by atomic mass is 10.1. The van der Waals surface area contributed by atoms with Gasteiger partial charge in [-0.15, -0.1) is 0 Å². The van der Waals surface area contributed by atoms with Crippen molar-refractivity contribution in [2.45, 2.75) is 25.1 Å². The second-order valence-electron chi connectivity index (χ2n) is 7.27. The lowest BCUT2D eigenvalue weighted by Crippen LogP contribution is -2.43. The molecule has 0 bridgehead atoms.